The predicted octanol–water partition coefficient (Wildman–Crippen LogP) is 4.36. The van der Waals surface area contributed by atoms with Gasteiger partial charge in [0, 0.05) is 16.0 Å². The van der Waals surface area contributed by atoms with Crippen molar-refractivity contribution in [2.45, 2.75) is 15.4 Å². The first-order valence-corrected chi connectivity index (χ1v) is 9.03. The Balaban J connectivity index is 2.40. The van der Waals surface area contributed by atoms with Crippen LogP contribution in [0.1, 0.15) is 15.9 Å². The molecule has 0 saturated carbocycles. The first-order valence-electron chi connectivity index (χ1n) is 6.78. The van der Waals surface area contributed by atoms with Gasteiger partial charge in [-0.2, -0.15) is 26.0 Å². The molecule has 27 heavy (non-hydrogen) atoms. The summed E-state index contributed by atoms with van der Waals surface area (Å²) in [7, 11) is -6.50. The van der Waals surface area contributed by atoms with Crippen LogP contribution in [0.15, 0.2) is 47.4 Å². The molecule has 0 radical (unpaired) electrons. The van der Waals surface area contributed by atoms with Crippen molar-refractivity contribution >= 4 is 27.7 Å². The van der Waals surface area contributed by atoms with Gasteiger partial charge in [0.05, 0.1) is 0 Å². The van der Waals surface area contributed by atoms with Crippen LogP contribution in [0.4, 0.5) is 26.3 Å². The van der Waals surface area contributed by atoms with E-state index in [4.69, 9.17) is 4.55 Å². The van der Waals surface area contributed by atoms with Crippen LogP contribution in [0.5, 0.6) is 0 Å². The van der Waals surface area contributed by atoms with Gasteiger partial charge in [0.1, 0.15) is 11.6 Å². The van der Waals surface area contributed by atoms with Crippen LogP contribution in [0.3, 0.4) is 0 Å². The van der Waals surface area contributed by atoms with Gasteiger partial charge in [-0.15, -0.1) is 0 Å². The molecular weight excluding hydrogens is 422 g/mol. The van der Waals surface area contributed by atoms with Crippen molar-refractivity contribution in [1.29, 1.82) is 0 Å². The summed E-state index contributed by atoms with van der Waals surface area (Å²) in [4.78, 5) is 11.1. The van der Waals surface area contributed by atoms with Crippen molar-refractivity contribution in [2.24, 2.45) is 0 Å². The Kier molecular flexibility index (Phi) is 5.64. The van der Waals surface area contributed by atoms with Gasteiger partial charge in [0.2, 0.25) is 0 Å². The Morgan fingerprint density at radius 3 is 1.96 bits per heavy atom. The average Bonchev–Trinajstić information content (AvgIpc) is 2.55. The number of carbonyl (C=O) groups is 1. The lowest BCUT2D eigenvalue weighted by molar-refractivity contribution is -0.0947. The molecule has 2 rings (SSSR count). The van der Waals surface area contributed by atoms with Crippen molar-refractivity contribution in [2.75, 3.05) is 0 Å². The number of benzene rings is 2. The molecule has 0 bridgehead atoms. The van der Waals surface area contributed by atoms with Crippen LogP contribution in [-0.2, 0) is 10.1 Å². The van der Waals surface area contributed by atoms with E-state index in [0.29, 0.717) is 12.1 Å². The fourth-order valence-corrected chi connectivity index (χ4v) is 3.33. The first kappa shape index (κ1) is 21.3. The molecule has 0 aliphatic heterocycles. The molecule has 2 aromatic carbocycles. The summed E-state index contributed by atoms with van der Waals surface area (Å²) in [5.74, 6) is -2.93. The number of thioether (sulfide) groups is 1. The van der Waals surface area contributed by atoms with Gasteiger partial charge < -0.3 is 0 Å². The van der Waals surface area contributed by atoms with E-state index in [1.807, 2.05) is 0 Å². The fourth-order valence-electron chi connectivity index (χ4n) is 1.84. The number of carbonyl (C=O) groups excluding carboxylic acids is 1. The highest BCUT2D eigenvalue weighted by atomic mass is 32.2. The van der Waals surface area contributed by atoms with E-state index < -0.39 is 60.3 Å². The summed E-state index contributed by atoms with van der Waals surface area (Å²) in [5.41, 5.74) is -0.481. The van der Waals surface area contributed by atoms with Gasteiger partial charge in [-0.3, -0.25) is 9.35 Å². The molecule has 12 heteroatoms. The molecule has 0 aromatic heterocycles. The Hall–Kier alpha value is -2.05. The number of halogens is 6. The third kappa shape index (κ3) is 4.28. The molecule has 0 heterocycles. The quantitative estimate of drug-likeness (QED) is 0.319. The second-order valence-electron chi connectivity index (χ2n) is 5.09. The van der Waals surface area contributed by atoms with Crippen LogP contribution >= 0.6 is 11.8 Å². The second kappa shape index (κ2) is 7.17. The van der Waals surface area contributed by atoms with E-state index in [0.717, 1.165) is 30.3 Å². The molecule has 2 aromatic rings. The molecule has 0 spiro atoms. The van der Waals surface area contributed by atoms with Crippen LogP contribution < -0.4 is 0 Å². The van der Waals surface area contributed by atoms with Crippen LogP contribution in [0.2, 0.25) is 0 Å². The van der Waals surface area contributed by atoms with Crippen molar-refractivity contribution in [3.63, 3.8) is 0 Å². The van der Waals surface area contributed by atoms with Gasteiger partial charge in [-0.1, -0.05) is 0 Å². The van der Waals surface area contributed by atoms with Crippen LogP contribution in [0, 0.1) is 11.6 Å². The Morgan fingerprint density at radius 1 is 0.926 bits per heavy atom. The predicted molar refractivity (Wildman–Crippen MR) is 83.5 cm³/mol. The molecular formula is C15H8F6O4S2. The Labute approximate surface area is 152 Å². The summed E-state index contributed by atoms with van der Waals surface area (Å²) in [5, 5.41) is -11.4. The lowest BCUT2D eigenvalue weighted by atomic mass is 10.0. The zero-order valence-corrected chi connectivity index (χ0v) is 14.4. The van der Waals surface area contributed by atoms with Crippen molar-refractivity contribution in [3.05, 3.63) is 65.2 Å². The van der Waals surface area contributed by atoms with E-state index in [1.54, 1.807) is 0 Å². The Bertz CT molecular complexity index is 974. The highest BCUT2D eigenvalue weighted by Crippen LogP contribution is 2.49. The maximum absolute atomic E-state index is 13.7. The monoisotopic (exact) mass is 430 g/mol. The lowest BCUT2D eigenvalue weighted by Gasteiger charge is -2.23. The van der Waals surface area contributed by atoms with E-state index >= 15 is 0 Å². The van der Waals surface area contributed by atoms with Crippen molar-refractivity contribution in [1.82, 2.24) is 0 Å². The first-order chi connectivity index (χ1) is 12.3. The number of hydrogen-bond acceptors (Lipinski definition) is 4. The SMILES string of the molecule is O=C(c1ccc(F)cc1)c1ccc(F)c(SC(F)(F)C(F)(F)S(=O)(=O)O)c1. The van der Waals surface area contributed by atoms with Gasteiger partial charge >= 0.3 is 20.6 Å². The smallest absolute Gasteiger partial charge is 0.289 e. The largest absolute Gasteiger partial charge is 0.442 e. The molecule has 1 N–H and O–H groups in total. The van der Waals surface area contributed by atoms with E-state index in [1.165, 1.54) is 0 Å². The third-order valence-electron chi connectivity index (χ3n) is 3.20. The second-order valence-corrected chi connectivity index (χ2v) is 7.71. The maximum atomic E-state index is 13.7. The van der Waals surface area contributed by atoms with Gasteiger partial charge in [0.25, 0.3) is 0 Å². The highest BCUT2D eigenvalue weighted by molar-refractivity contribution is 8.01. The van der Waals surface area contributed by atoms with Gasteiger partial charge in [-0.25, -0.2) is 8.78 Å². The summed E-state index contributed by atoms with van der Waals surface area (Å²) >= 11 is -1.17. The number of alkyl halides is 4. The molecule has 0 aliphatic carbocycles. The number of ketones is 1. The topological polar surface area (TPSA) is 71.4 Å². The third-order valence-corrected chi connectivity index (χ3v) is 5.28. The zero-order chi connectivity index (χ0) is 20.6. The fraction of sp³-hybridized carbons (Fsp3) is 0.133. The van der Waals surface area contributed by atoms with E-state index in [-0.39, 0.29) is 5.56 Å². The van der Waals surface area contributed by atoms with Crippen molar-refractivity contribution in [3.8, 4) is 0 Å². The molecule has 0 unspecified atom stereocenters. The summed E-state index contributed by atoms with van der Waals surface area (Å²) in [6.07, 6.45) is 0. The summed E-state index contributed by atoms with van der Waals surface area (Å²) in [6, 6.07) is 5.94. The Morgan fingerprint density at radius 2 is 1.44 bits per heavy atom. The highest BCUT2D eigenvalue weighted by Gasteiger charge is 2.66. The van der Waals surface area contributed by atoms with Crippen LogP contribution in [0.25, 0.3) is 0 Å². The molecule has 0 amide bonds. The van der Waals surface area contributed by atoms with E-state index in [2.05, 4.69) is 0 Å². The molecule has 0 fully saturated rings. The number of hydrogen-bond donors (Lipinski definition) is 1. The van der Waals surface area contributed by atoms with Crippen LogP contribution in [-0.4, -0.2) is 29.3 Å². The minimum absolute atomic E-state index is 0.0889. The standard InChI is InChI=1S/C15H8F6O4S2/c16-10-4-1-8(2-5-10)13(22)9-3-6-11(17)12(7-9)26-14(18,19)15(20,21)27(23,24)25/h1-7H,(H,23,24,25). The summed E-state index contributed by atoms with van der Waals surface area (Å²) in [6.45, 7) is 0. The maximum Gasteiger partial charge on any atom is 0.442 e. The molecule has 0 aliphatic rings. The average molecular weight is 430 g/mol. The molecule has 0 saturated heterocycles. The number of rotatable bonds is 6. The minimum Gasteiger partial charge on any atom is -0.289 e. The van der Waals surface area contributed by atoms with Gasteiger partial charge in [0.15, 0.2) is 5.78 Å². The summed E-state index contributed by atoms with van der Waals surface area (Å²) < 4.78 is 110. The molecule has 4 nitrogen and oxygen atoms in total. The minimum atomic E-state index is -6.50. The van der Waals surface area contributed by atoms with E-state index in [9.17, 15) is 39.6 Å². The normalized spacial score (nSPS) is 12.9. The zero-order valence-electron chi connectivity index (χ0n) is 12.8. The molecule has 146 valence electrons. The molecule has 0 atom stereocenters. The lowest BCUT2D eigenvalue weighted by Crippen LogP contribution is -2.44. The van der Waals surface area contributed by atoms with Gasteiger partial charge in [-0.05, 0) is 54.2 Å². The van der Waals surface area contributed by atoms with Crippen molar-refractivity contribution < 1.29 is 44.1 Å².